The molecule has 3 aromatic rings. The van der Waals surface area contributed by atoms with E-state index in [9.17, 15) is 4.79 Å². The number of aromatic nitrogens is 3. The molecule has 142 valence electrons. The van der Waals surface area contributed by atoms with Crippen LogP contribution in [0, 0.1) is 0 Å². The van der Waals surface area contributed by atoms with Gasteiger partial charge in [-0.15, -0.1) is 0 Å². The summed E-state index contributed by atoms with van der Waals surface area (Å²) in [6.45, 7) is 4.61. The van der Waals surface area contributed by atoms with Crippen molar-refractivity contribution in [2.24, 2.45) is 0 Å². The number of ether oxygens (including phenoxy) is 3. The van der Waals surface area contributed by atoms with Crippen molar-refractivity contribution < 1.29 is 19.0 Å². The minimum Gasteiger partial charge on any atom is -0.491 e. The molecule has 0 unspecified atom stereocenters. The Kier molecular flexibility index (Phi) is 5.87. The van der Waals surface area contributed by atoms with Gasteiger partial charge in [0.15, 0.2) is 5.65 Å². The van der Waals surface area contributed by atoms with Crippen LogP contribution in [-0.2, 0) is 9.47 Å². The van der Waals surface area contributed by atoms with Gasteiger partial charge in [-0.25, -0.2) is 14.8 Å². The molecular weight excluding hydrogens is 348 g/mol. The highest BCUT2D eigenvalue weighted by molar-refractivity contribution is 5.87. The second-order valence-electron chi connectivity index (χ2n) is 6.13. The van der Waals surface area contributed by atoms with Crippen molar-refractivity contribution in [2.75, 3.05) is 25.6 Å². The number of carbonyl (C=O) groups excluding carboxylic acids is 1. The number of imidazole rings is 1. The number of nitrogens with zero attached hydrogens (tertiary/aromatic N) is 2. The van der Waals surface area contributed by atoms with Gasteiger partial charge in [0.05, 0.1) is 30.1 Å². The summed E-state index contributed by atoms with van der Waals surface area (Å²) in [5, 5.41) is 2.65. The fourth-order valence-electron chi connectivity index (χ4n) is 2.42. The van der Waals surface area contributed by atoms with E-state index in [0.29, 0.717) is 35.9 Å². The zero-order valence-electron chi connectivity index (χ0n) is 15.5. The molecule has 8 heteroatoms. The summed E-state index contributed by atoms with van der Waals surface area (Å²) in [6, 6.07) is 9.35. The number of fused-ring (bicyclic) bond motifs is 1. The molecule has 0 radical (unpaired) electrons. The number of H-pyrrole nitrogens is 1. The molecule has 0 fully saturated rings. The van der Waals surface area contributed by atoms with Crippen LogP contribution in [0.3, 0.4) is 0 Å². The first kappa shape index (κ1) is 18.7. The molecule has 2 aromatic heterocycles. The number of pyridine rings is 1. The maximum absolute atomic E-state index is 11.7. The number of carbonyl (C=O) groups is 1. The van der Waals surface area contributed by atoms with Crippen molar-refractivity contribution in [3.05, 3.63) is 36.5 Å². The number of anilines is 1. The van der Waals surface area contributed by atoms with Crippen molar-refractivity contribution in [1.82, 2.24) is 15.0 Å². The average Bonchev–Trinajstić information content (AvgIpc) is 3.05. The third-order valence-electron chi connectivity index (χ3n) is 3.61. The molecule has 8 nitrogen and oxygen atoms in total. The van der Waals surface area contributed by atoms with Crippen LogP contribution in [0.4, 0.5) is 10.5 Å². The maximum Gasteiger partial charge on any atom is 0.411 e. The van der Waals surface area contributed by atoms with Crippen LogP contribution in [0.15, 0.2) is 36.5 Å². The number of nitrogens with one attached hydrogen (secondary N) is 2. The molecule has 2 N–H and O–H groups in total. The third-order valence-corrected chi connectivity index (χ3v) is 3.61. The lowest BCUT2D eigenvalue weighted by atomic mass is 10.2. The minimum atomic E-state index is -0.519. The summed E-state index contributed by atoms with van der Waals surface area (Å²) in [5.74, 6) is 1.45. The summed E-state index contributed by atoms with van der Waals surface area (Å²) < 4.78 is 15.6. The van der Waals surface area contributed by atoms with E-state index in [1.54, 1.807) is 33.2 Å². The minimum absolute atomic E-state index is 0.193. The van der Waals surface area contributed by atoms with Gasteiger partial charge in [0.2, 0.25) is 0 Å². The number of hydrogen-bond acceptors (Lipinski definition) is 6. The molecule has 1 amide bonds. The van der Waals surface area contributed by atoms with E-state index >= 15 is 0 Å². The van der Waals surface area contributed by atoms with Crippen LogP contribution >= 0.6 is 0 Å². The predicted molar refractivity (Wildman–Crippen MR) is 102 cm³/mol. The SMILES string of the molecule is COCCOc1ccc(-c2nc3ncc(NC(=O)OC(C)C)cc3[nH]2)cc1. The summed E-state index contributed by atoms with van der Waals surface area (Å²) in [7, 11) is 1.64. The molecule has 0 saturated heterocycles. The summed E-state index contributed by atoms with van der Waals surface area (Å²) >= 11 is 0. The van der Waals surface area contributed by atoms with Crippen LogP contribution < -0.4 is 10.1 Å². The highest BCUT2D eigenvalue weighted by atomic mass is 16.6. The van der Waals surface area contributed by atoms with Crippen LogP contribution in [0.2, 0.25) is 0 Å². The summed E-state index contributed by atoms with van der Waals surface area (Å²) in [4.78, 5) is 23.7. The fraction of sp³-hybridized carbons (Fsp3) is 0.316. The Hall–Kier alpha value is -3.13. The van der Waals surface area contributed by atoms with Gasteiger partial charge >= 0.3 is 6.09 Å². The van der Waals surface area contributed by atoms with Crippen LogP contribution in [-0.4, -0.2) is 47.5 Å². The van der Waals surface area contributed by atoms with Crippen LogP contribution in [0.1, 0.15) is 13.8 Å². The third kappa shape index (κ3) is 4.95. The lowest BCUT2D eigenvalue weighted by molar-refractivity contribution is 0.130. The molecule has 0 atom stereocenters. The van der Waals surface area contributed by atoms with E-state index in [0.717, 1.165) is 11.3 Å². The van der Waals surface area contributed by atoms with Crippen molar-refractivity contribution in [3.63, 3.8) is 0 Å². The van der Waals surface area contributed by atoms with Gasteiger partial charge in [-0.3, -0.25) is 5.32 Å². The van der Waals surface area contributed by atoms with Gasteiger partial charge in [-0.1, -0.05) is 0 Å². The second-order valence-corrected chi connectivity index (χ2v) is 6.13. The van der Waals surface area contributed by atoms with Gasteiger partial charge in [-0.05, 0) is 44.2 Å². The molecule has 0 aliphatic heterocycles. The number of amides is 1. The van der Waals surface area contributed by atoms with Crippen molar-refractivity contribution in [3.8, 4) is 17.1 Å². The molecule has 0 bridgehead atoms. The van der Waals surface area contributed by atoms with Gasteiger partial charge in [0, 0.05) is 12.7 Å². The molecule has 27 heavy (non-hydrogen) atoms. The summed E-state index contributed by atoms with van der Waals surface area (Å²) in [6.07, 6.45) is 0.832. The quantitative estimate of drug-likeness (QED) is 0.617. The average molecular weight is 370 g/mol. The van der Waals surface area contributed by atoms with E-state index in [1.165, 1.54) is 0 Å². The smallest absolute Gasteiger partial charge is 0.411 e. The largest absolute Gasteiger partial charge is 0.491 e. The number of methoxy groups -OCH3 is 1. The molecule has 0 aliphatic rings. The van der Waals surface area contributed by atoms with Gasteiger partial charge < -0.3 is 19.2 Å². The molecule has 0 saturated carbocycles. The Morgan fingerprint density at radius 2 is 2.00 bits per heavy atom. The lowest BCUT2D eigenvalue weighted by Crippen LogP contribution is -2.18. The maximum atomic E-state index is 11.7. The monoisotopic (exact) mass is 370 g/mol. The highest BCUT2D eigenvalue weighted by Crippen LogP contribution is 2.23. The number of benzene rings is 1. The number of aromatic amines is 1. The molecule has 3 rings (SSSR count). The van der Waals surface area contributed by atoms with Crippen molar-refractivity contribution in [1.29, 1.82) is 0 Å². The highest BCUT2D eigenvalue weighted by Gasteiger charge is 2.10. The van der Waals surface area contributed by atoms with Crippen LogP contribution in [0.25, 0.3) is 22.6 Å². The molecule has 0 aliphatic carbocycles. The first-order chi connectivity index (χ1) is 13.0. The normalized spacial score (nSPS) is 11.0. The molecule has 1 aromatic carbocycles. The second kappa shape index (κ2) is 8.50. The zero-order valence-corrected chi connectivity index (χ0v) is 15.5. The van der Waals surface area contributed by atoms with Gasteiger partial charge in [-0.2, -0.15) is 0 Å². The Labute approximate surface area is 156 Å². The Morgan fingerprint density at radius 3 is 2.70 bits per heavy atom. The van der Waals surface area contributed by atoms with Crippen molar-refractivity contribution in [2.45, 2.75) is 20.0 Å². The van der Waals surface area contributed by atoms with Gasteiger partial charge in [0.1, 0.15) is 18.2 Å². The summed E-state index contributed by atoms with van der Waals surface area (Å²) in [5.41, 5.74) is 2.71. The van der Waals surface area contributed by atoms with E-state index in [2.05, 4.69) is 20.3 Å². The number of rotatable bonds is 7. The fourth-order valence-corrected chi connectivity index (χ4v) is 2.42. The topological polar surface area (TPSA) is 98.4 Å². The molecule has 2 heterocycles. The van der Waals surface area contributed by atoms with E-state index in [-0.39, 0.29) is 6.10 Å². The van der Waals surface area contributed by atoms with Crippen LogP contribution in [0.5, 0.6) is 5.75 Å². The number of hydrogen-bond donors (Lipinski definition) is 2. The first-order valence-corrected chi connectivity index (χ1v) is 8.60. The lowest BCUT2D eigenvalue weighted by Gasteiger charge is -2.08. The van der Waals surface area contributed by atoms with E-state index < -0.39 is 6.09 Å². The van der Waals surface area contributed by atoms with E-state index in [1.807, 2.05) is 24.3 Å². The van der Waals surface area contributed by atoms with Gasteiger partial charge in [0.25, 0.3) is 0 Å². The predicted octanol–water partition coefficient (Wildman–Crippen LogP) is 3.61. The first-order valence-electron chi connectivity index (χ1n) is 8.60. The molecular formula is C19H22N4O4. The Balaban J connectivity index is 1.73. The Morgan fingerprint density at radius 1 is 1.22 bits per heavy atom. The Bertz CT molecular complexity index is 906. The van der Waals surface area contributed by atoms with E-state index in [4.69, 9.17) is 14.2 Å². The van der Waals surface area contributed by atoms with Crippen molar-refractivity contribution >= 4 is 22.9 Å². The zero-order chi connectivity index (χ0) is 19.2. The molecule has 0 spiro atoms. The standard InChI is InChI=1S/C19H22N4O4/c1-12(2)27-19(24)21-14-10-16-18(20-11-14)23-17(22-16)13-4-6-15(7-5-13)26-9-8-25-3/h4-7,10-12H,8-9H2,1-3H3,(H,21,24)(H,20,22,23).